The standard InChI is InChI=1S/C27H23ClN2O2/c1-17-11-12-21(18(2)15-17)24-25(29-14-13-19-7-4-6-10-23(19)29)27(32)30(26(24)31)16-20-8-3-5-9-22(20)28/h3-12,15H,13-14,16H2,1-2H3. The summed E-state index contributed by atoms with van der Waals surface area (Å²) >= 11 is 6.35. The molecule has 0 aliphatic carbocycles. The summed E-state index contributed by atoms with van der Waals surface area (Å²) in [5, 5.41) is 0.543. The first-order chi connectivity index (χ1) is 15.5. The fraction of sp³-hybridized carbons (Fsp3) is 0.185. The molecule has 0 aromatic heterocycles. The number of nitrogens with zero attached hydrogens (tertiary/aromatic N) is 2. The van der Waals surface area contributed by atoms with E-state index in [4.69, 9.17) is 11.6 Å². The lowest BCUT2D eigenvalue weighted by molar-refractivity contribution is -0.137. The Morgan fingerprint density at radius 3 is 2.44 bits per heavy atom. The molecule has 0 unspecified atom stereocenters. The van der Waals surface area contributed by atoms with E-state index in [1.165, 1.54) is 10.5 Å². The Kier molecular flexibility index (Phi) is 5.10. The highest BCUT2D eigenvalue weighted by Crippen LogP contribution is 2.40. The van der Waals surface area contributed by atoms with Crippen LogP contribution < -0.4 is 4.90 Å². The van der Waals surface area contributed by atoms with Gasteiger partial charge in [-0.15, -0.1) is 0 Å². The maximum atomic E-state index is 13.8. The second kappa shape index (κ2) is 7.95. The molecule has 160 valence electrons. The maximum Gasteiger partial charge on any atom is 0.278 e. The van der Waals surface area contributed by atoms with Crippen molar-refractivity contribution in [3.05, 3.63) is 105 Å². The predicted octanol–water partition coefficient (Wildman–Crippen LogP) is 5.30. The molecular formula is C27H23ClN2O2. The number of fused-ring (bicyclic) bond motifs is 1. The molecule has 2 amide bonds. The zero-order valence-corrected chi connectivity index (χ0v) is 18.8. The van der Waals surface area contributed by atoms with E-state index in [2.05, 4.69) is 6.07 Å². The van der Waals surface area contributed by atoms with Crippen LogP contribution in [0.3, 0.4) is 0 Å². The zero-order valence-electron chi connectivity index (χ0n) is 18.1. The molecule has 3 aromatic rings. The van der Waals surface area contributed by atoms with E-state index in [1.807, 2.05) is 73.3 Å². The number of carbonyl (C=O) groups excluding carboxylic acids is 2. The number of rotatable bonds is 4. The number of carbonyl (C=O) groups is 2. The molecule has 0 saturated carbocycles. The smallest absolute Gasteiger partial charge is 0.278 e. The maximum absolute atomic E-state index is 13.8. The highest BCUT2D eigenvalue weighted by molar-refractivity contribution is 6.37. The lowest BCUT2D eigenvalue weighted by atomic mass is 9.97. The minimum absolute atomic E-state index is 0.144. The summed E-state index contributed by atoms with van der Waals surface area (Å²) in [7, 11) is 0. The number of hydrogen-bond acceptors (Lipinski definition) is 3. The molecule has 4 nitrogen and oxygen atoms in total. The van der Waals surface area contributed by atoms with Crippen molar-refractivity contribution in [2.75, 3.05) is 11.4 Å². The number of aryl methyl sites for hydroxylation is 2. The van der Waals surface area contributed by atoms with Crippen molar-refractivity contribution in [2.24, 2.45) is 0 Å². The van der Waals surface area contributed by atoms with Crippen LogP contribution in [-0.4, -0.2) is 23.3 Å². The third kappa shape index (κ3) is 3.32. The molecule has 2 aliphatic rings. The second-order valence-electron chi connectivity index (χ2n) is 8.36. The zero-order chi connectivity index (χ0) is 22.4. The van der Waals surface area contributed by atoms with E-state index >= 15 is 0 Å². The molecule has 0 N–H and O–H groups in total. The van der Waals surface area contributed by atoms with Gasteiger partial charge in [-0.05, 0) is 54.7 Å². The molecule has 0 radical (unpaired) electrons. The number of para-hydroxylation sites is 1. The summed E-state index contributed by atoms with van der Waals surface area (Å²) in [6.07, 6.45) is 0.839. The van der Waals surface area contributed by atoms with Crippen LogP contribution in [0, 0.1) is 13.8 Å². The van der Waals surface area contributed by atoms with Crippen LogP contribution in [0.5, 0.6) is 0 Å². The van der Waals surface area contributed by atoms with Crippen LogP contribution >= 0.6 is 11.6 Å². The molecule has 0 bridgehead atoms. The summed E-state index contributed by atoms with van der Waals surface area (Å²) in [6, 6.07) is 21.4. The molecule has 0 fully saturated rings. The van der Waals surface area contributed by atoms with Crippen LogP contribution in [0.25, 0.3) is 5.57 Å². The van der Waals surface area contributed by atoms with Crippen LogP contribution in [-0.2, 0) is 22.6 Å². The van der Waals surface area contributed by atoms with Gasteiger partial charge in [0, 0.05) is 17.3 Å². The quantitative estimate of drug-likeness (QED) is 0.515. The lowest BCUT2D eigenvalue weighted by Crippen LogP contribution is -2.34. The average Bonchev–Trinajstić information content (AvgIpc) is 3.29. The molecule has 0 spiro atoms. The van der Waals surface area contributed by atoms with Gasteiger partial charge in [0.25, 0.3) is 11.8 Å². The van der Waals surface area contributed by atoms with Gasteiger partial charge in [-0.2, -0.15) is 0 Å². The minimum atomic E-state index is -0.277. The van der Waals surface area contributed by atoms with Crippen LogP contribution in [0.1, 0.15) is 27.8 Å². The predicted molar refractivity (Wildman–Crippen MR) is 127 cm³/mol. The van der Waals surface area contributed by atoms with Crippen molar-refractivity contribution >= 4 is 34.7 Å². The van der Waals surface area contributed by atoms with Gasteiger partial charge >= 0.3 is 0 Å². The number of hydrogen-bond donors (Lipinski definition) is 0. The van der Waals surface area contributed by atoms with E-state index in [-0.39, 0.29) is 18.4 Å². The van der Waals surface area contributed by atoms with Crippen molar-refractivity contribution in [1.29, 1.82) is 0 Å². The first kappa shape index (κ1) is 20.5. The van der Waals surface area contributed by atoms with Gasteiger partial charge in [-0.25, -0.2) is 0 Å². The highest BCUT2D eigenvalue weighted by Gasteiger charge is 2.43. The SMILES string of the molecule is Cc1ccc(C2=C(N3CCc4ccccc43)C(=O)N(Cc3ccccc3Cl)C2=O)c(C)c1. The summed E-state index contributed by atoms with van der Waals surface area (Å²) in [6.45, 7) is 4.82. The normalized spacial score (nSPS) is 15.7. The largest absolute Gasteiger partial charge is 0.336 e. The van der Waals surface area contributed by atoms with Gasteiger partial charge < -0.3 is 4.90 Å². The van der Waals surface area contributed by atoms with Crippen molar-refractivity contribution in [1.82, 2.24) is 4.90 Å². The Bertz CT molecular complexity index is 1290. The summed E-state index contributed by atoms with van der Waals surface area (Å²) < 4.78 is 0. The van der Waals surface area contributed by atoms with Gasteiger partial charge in [0.1, 0.15) is 5.70 Å². The van der Waals surface area contributed by atoms with Crippen LogP contribution in [0.4, 0.5) is 5.69 Å². The summed E-state index contributed by atoms with van der Waals surface area (Å²) in [5.41, 5.74) is 6.75. The van der Waals surface area contributed by atoms with E-state index in [0.717, 1.165) is 34.4 Å². The van der Waals surface area contributed by atoms with E-state index in [0.29, 0.717) is 22.8 Å². The highest BCUT2D eigenvalue weighted by atomic mass is 35.5. The monoisotopic (exact) mass is 442 g/mol. The first-order valence-electron chi connectivity index (χ1n) is 10.7. The van der Waals surface area contributed by atoms with E-state index in [1.54, 1.807) is 6.07 Å². The van der Waals surface area contributed by atoms with Gasteiger partial charge in [0.2, 0.25) is 0 Å². The number of benzene rings is 3. The fourth-order valence-corrected chi connectivity index (χ4v) is 4.86. The van der Waals surface area contributed by atoms with Crippen molar-refractivity contribution in [3.63, 3.8) is 0 Å². The average molecular weight is 443 g/mol. The molecule has 5 rings (SSSR count). The Labute approximate surface area is 192 Å². The Morgan fingerprint density at radius 1 is 0.906 bits per heavy atom. The van der Waals surface area contributed by atoms with Crippen LogP contribution in [0.15, 0.2) is 72.4 Å². The number of amides is 2. The van der Waals surface area contributed by atoms with Gasteiger partial charge in [0.05, 0.1) is 12.1 Å². The number of imide groups is 1. The molecule has 5 heteroatoms. The van der Waals surface area contributed by atoms with E-state index < -0.39 is 0 Å². The third-order valence-corrected chi connectivity index (χ3v) is 6.61. The van der Waals surface area contributed by atoms with Gasteiger partial charge in [-0.3, -0.25) is 14.5 Å². The summed E-state index contributed by atoms with van der Waals surface area (Å²) in [5.74, 6) is -0.553. The number of halogens is 1. The Balaban J connectivity index is 1.65. The molecule has 2 aliphatic heterocycles. The molecule has 2 heterocycles. The second-order valence-corrected chi connectivity index (χ2v) is 8.77. The Morgan fingerprint density at radius 2 is 1.66 bits per heavy atom. The van der Waals surface area contributed by atoms with Crippen molar-refractivity contribution in [2.45, 2.75) is 26.8 Å². The minimum Gasteiger partial charge on any atom is -0.336 e. The molecule has 3 aromatic carbocycles. The van der Waals surface area contributed by atoms with Crippen LogP contribution in [0.2, 0.25) is 5.02 Å². The molecule has 0 saturated heterocycles. The lowest BCUT2D eigenvalue weighted by Gasteiger charge is -2.22. The van der Waals surface area contributed by atoms with Gasteiger partial charge in [-0.1, -0.05) is 71.8 Å². The van der Waals surface area contributed by atoms with Crippen molar-refractivity contribution < 1.29 is 9.59 Å². The van der Waals surface area contributed by atoms with E-state index in [9.17, 15) is 9.59 Å². The molecule has 0 atom stereocenters. The van der Waals surface area contributed by atoms with Crippen molar-refractivity contribution in [3.8, 4) is 0 Å². The fourth-order valence-electron chi connectivity index (χ4n) is 4.66. The Hall–Kier alpha value is -3.37. The summed E-state index contributed by atoms with van der Waals surface area (Å²) in [4.78, 5) is 30.8. The topological polar surface area (TPSA) is 40.6 Å². The molecule has 32 heavy (non-hydrogen) atoms. The molecular weight excluding hydrogens is 420 g/mol. The first-order valence-corrected chi connectivity index (χ1v) is 11.1. The third-order valence-electron chi connectivity index (χ3n) is 6.24. The van der Waals surface area contributed by atoms with Gasteiger partial charge in [0.15, 0.2) is 0 Å². The number of anilines is 1.